The van der Waals surface area contributed by atoms with Crippen molar-refractivity contribution in [2.24, 2.45) is 0 Å². The Balaban J connectivity index is 0.00000420. The lowest BCUT2D eigenvalue weighted by Gasteiger charge is -2.16. The Kier molecular flexibility index (Phi) is 9.14. The molecule has 29 heavy (non-hydrogen) atoms. The molecule has 0 bridgehead atoms. The van der Waals surface area contributed by atoms with Crippen molar-refractivity contribution in [2.75, 3.05) is 24.7 Å². The lowest BCUT2D eigenvalue weighted by atomic mass is 10.1. The van der Waals surface area contributed by atoms with Crippen LogP contribution in [-0.2, 0) is 9.84 Å². The molecule has 0 saturated carbocycles. The van der Waals surface area contributed by atoms with Gasteiger partial charge in [-0.1, -0.05) is 26.0 Å². The molecule has 1 amide bonds. The zero-order chi connectivity index (χ0) is 20.9. The zero-order valence-electron chi connectivity index (χ0n) is 17.4. The van der Waals surface area contributed by atoms with Crippen LogP contribution in [0.3, 0.4) is 0 Å². The van der Waals surface area contributed by atoms with Gasteiger partial charge >= 0.3 is 0 Å². The maximum atomic E-state index is 12.6. The first-order chi connectivity index (χ1) is 13.1. The smallest absolute Gasteiger partial charge is 0.256 e. The van der Waals surface area contributed by atoms with Gasteiger partial charge in [-0.15, -0.1) is 12.4 Å². The first-order valence-corrected chi connectivity index (χ1v) is 11.1. The third-order valence-electron chi connectivity index (χ3n) is 4.15. The number of nitrogens with one attached hydrogen (secondary N) is 2. The molecule has 2 aromatic carbocycles. The predicted octanol–water partition coefficient (Wildman–Crippen LogP) is 3.76. The largest absolute Gasteiger partial charge is 0.492 e. The lowest BCUT2D eigenvalue weighted by Crippen LogP contribution is -2.27. The highest BCUT2D eigenvalue weighted by atomic mass is 35.5. The highest BCUT2D eigenvalue weighted by Crippen LogP contribution is 2.28. The molecule has 0 aromatic heterocycles. The molecule has 2 aromatic rings. The molecule has 0 spiro atoms. The minimum Gasteiger partial charge on any atom is -0.492 e. The second kappa shape index (κ2) is 10.6. The van der Waals surface area contributed by atoms with Gasteiger partial charge in [0.1, 0.15) is 12.4 Å². The molecule has 0 aliphatic rings. The van der Waals surface area contributed by atoms with Crippen LogP contribution < -0.4 is 15.4 Å². The van der Waals surface area contributed by atoms with Crippen LogP contribution in [0.5, 0.6) is 5.75 Å². The van der Waals surface area contributed by atoms with Crippen LogP contribution in [0.4, 0.5) is 5.69 Å². The molecular weight excluding hydrogens is 412 g/mol. The number of hydrogen-bond donors (Lipinski definition) is 2. The summed E-state index contributed by atoms with van der Waals surface area (Å²) in [6, 6.07) is 10.2. The summed E-state index contributed by atoms with van der Waals surface area (Å²) >= 11 is 0. The zero-order valence-corrected chi connectivity index (χ0v) is 19.0. The summed E-state index contributed by atoms with van der Waals surface area (Å²) in [5.41, 5.74) is 2.52. The predicted molar refractivity (Wildman–Crippen MR) is 119 cm³/mol. The van der Waals surface area contributed by atoms with E-state index in [0.29, 0.717) is 18.3 Å². The fraction of sp³-hybridized carbons (Fsp3) is 0.381. The van der Waals surface area contributed by atoms with Crippen LogP contribution >= 0.6 is 12.4 Å². The van der Waals surface area contributed by atoms with Crippen molar-refractivity contribution in [2.45, 2.75) is 38.6 Å². The van der Waals surface area contributed by atoms with Gasteiger partial charge in [0.05, 0.1) is 10.5 Å². The summed E-state index contributed by atoms with van der Waals surface area (Å²) in [6.07, 6.45) is 1.09. The minimum atomic E-state index is -3.50. The van der Waals surface area contributed by atoms with Crippen LogP contribution in [0.25, 0.3) is 0 Å². The Morgan fingerprint density at radius 3 is 2.24 bits per heavy atom. The van der Waals surface area contributed by atoms with E-state index >= 15 is 0 Å². The summed E-state index contributed by atoms with van der Waals surface area (Å²) in [4.78, 5) is 12.7. The van der Waals surface area contributed by atoms with E-state index in [-0.39, 0.29) is 22.9 Å². The van der Waals surface area contributed by atoms with Crippen LogP contribution in [0, 0.1) is 13.8 Å². The maximum Gasteiger partial charge on any atom is 0.256 e. The third kappa shape index (κ3) is 7.03. The fourth-order valence-electron chi connectivity index (χ4n) is 2.93. The number of benzene rings is 2. The second-order valence-electron chi connectivity index (χ2n) is 7.12. The van der Waals surface area contributed by atoms with Gasteiger partial charge in [-0.05, 0) is 49.2 Å². The number of halogens is 1. The second-order valence-corrected chi connectivity index (χ2v) is 9.10. The van der Waals surface area contributed by atoms with Crippen molar-refractivity contribution in [1.82, 2.24) is 5.32 Å². The van der Waals surface area contributed by atoms with Gasteiger partial charge in [-0.25, -0.2) is 8.42 Å². The molecule has 0 aliphatic heterocycles. The van der Waals surface area contributed by atoms with Crippen LogP contribution in [0.2, 0.25) is 0 Å². The number of carbonyl (C=O) groups excluding carboxylic acids is 1. The van der Waals surface area contributed by atoms with E-state index in [1.807, 2.05) is 26.0 Å². The van der Waals surface area contributed by atoms with E-state index in [2.05, 4.69) is 24.5 Å². The van der Waals surface area contributed by atoms with Gasteiger partial charge in [0, 0.05) is 24.5 Å². The molecule has 0 unspecified atom stereocenters. The Morgan fingerprint density at radius 2 is 1.69 bits per heavy atom. The van der Waals surface area contributed by atoms with Crippen molar-refractivity contribution in [1.29, 1.82) is 0 Å². The molecule has 0 saturated heterocycles. The van der Waals surface area contributed by atoms with Crippen molar-refractivity contribution < 1.29 is 17.9 Å². The number of hydrogen-bond acceptors (Lipinski definition) is 5. The number of anilines is 1. The molecule has 0 heterocycles. The number of ether oxygens (including phenoxy) is 1. The lowest BCUT2D eigenvalue weighted by molar-refractivity contribution is 0.102. The molecule has 2 N–H and O–H groups in total. The summed E-state index contributed by atoms with van der Waals surface area (Å²) in [7, 11) is -3.50. The summed E-state index contributed by atoms with van der Waals surface area (Å²) < 4.78 is 29.7. The monoisotopic (exact) mass is 440 g/mol. The van der Waals surface area contributed by atoms with E-state index in [9.17, 15) is 13.2 Å². The molecule has 0 radical (unpaired) electrons. The normalized spacial score (nSPS) is 11.1. The minimum absolute atomic E-state index is 0. The quantitative estimate of drug-likeness (QED) is 0.610. The van der Waals surface area contributed by atoms with Gasteiger partial charge in [0.2, 0.25) is 0 Å². The highest BCUT2D eigenvalue weighted by Gasteiger charge is 2.18. The number of aryl methyl sites for hydroxylation is 2. The standard InChI is InChI=1S/C21H28N2O4S.ClH/c1-14(2)22-10-11-27-20-15(3)12-17(13-16(20)4)23-21(24)18-8-6-7-9-19(18)28(5,25)26;/h6-9,12-14,22H,10-11H2,1-5H3,(H,23,24);1H. The third-order valence-corrected chi connectivity index (χ3v) is 5.31. The molecule has 0 fully saturated rings. The van der Waals surface area contributed by atoms with Gasteiger partial charge in [0.15, 0.2) is 9.84 Å². The van der Waals surface area contributed by atoms with Crippen LogP contribution in [-0.4, -0.2) is 39.8 Å². The van der Waals surface area contributed by atoms with Crippen molar-refractivity contribution in [3.63, 3.8) is 0 Å². The van der Waals surface area contributed by atoms with Crippen molar-refractivity contribution in [3.8, 4) is 5.75 Å². The molecule has 8 heteroatoms. The molecule has 0 aliphatic carbocycles. The maximum absolute atomic E-state index is 12.6. The Morgan fingerprint density at radius 1 is 1.10 bits per heavy atom. The average molecular weight is 441 g/mol. The first kappa shape index (κ1) is 24.9. The Bertz CT molecular complexity index is 936. The van der Waals surface area contributed by atoms with Gasteiger partial charge in [-0.2, -0.15) is 0 Å². The number of amides is 1. The summed E-state index contributed by atoms with van der Waals surface area (Å²) in [5.74, 6) is 0.328. The number of rotatable bonds is 8. The van der Waals surface area contributed by atoms with E-state index in [4.69, 9.17) is 4.74 Å². The molecular formula is C21H29ClN2O4S. The highest BCUT2D eigenvalue weighted by molar-refractivity contribution is 7.90. The molecule has 160 valence electrons. The van der Waals surface area contributed by atoms with E-state index in [1.54, 1.807) is 12.1 Å². The summed E-state index contributed by atoms with van der Waals surface area (Å²) in [6.45, 7) is 9.28. The van der Waals surface area contributed by atoms with E-state index in [0.717, 1.165) is 29.7 Å². The Labute approximate surface area is 179 Å². The Hall–Kier alpha value is -2.09. The fourth-order valence-corrected chi connectivity index (χ4v) is 3.81. The SMILES string of the molecule is Cc1cc(NC(=O)c2ccccc2S(C)(=O)=O)cc(C)c1OCCNC(C)C.Cl. The number of carbonyl (C=O) groups is 1. The van der Waals surface area contributed by atoms with E-state index in [1.165, 1.54) is 12.1 Å². The van der Waals surface area contributed by atoms with E-state index < -0.39 is 15.7 Å². The van der Waals surface area contributed by atoms with Crippen LogP contribution in [0.15, 0.2) is 41.3 Å². The van der Waals surface area contributed by atoms with Gasteiger partial charge in [-0.3, -0.25) is 4.79 Å². The van der Waals surface area contributed by atoms with Crippen molar-refractivity contribution in [3.05, 3.63) is 53.1 Å². The van der Waals surface area contributed by atoms with Gasteiger partial charge < -0.3 is 15.4 Å². The van der Waals surface area contributed by atoms with Gasteiger partial charge in [0.25, 0.3) is 5.91 Å². The summed E-state index contributed by atoms with van der Waals surface area (Å²) in [5, 5.41) is 6.09. The van der Waals surface area contributed by atoms with Crippen LogP contribution in [0.1, 0.15) is 35.3 Å². The number of sulfone groups is 1. The molecule has 2 rings (SSSR count). The first-order valence-electron chi connectivity index (χ1n) is 9.17. The molecule has 0 atom stereocenters. The molecule has 6 nitrogen and oxygen atoms in total. The average Bonchev–Trinajstić information content (AvgIpc) is 2.59. The van der Waals surface area contributed by atoms with Crippen molar-refractivity contribution >= 4 is 33.8 Å². The topological polar surface area (TPSA) is 84.5 Å².